The summed E-state index contributed by atoms with van der Waals surface area (Å²) < 4.78 is 4.94. The van der Waals surface area contributed by atoms with E-state index >= 15 is 0 Å². The van der Waals surface area contributed by atoms with Crippen LogP contribution in [0.4, 0.5) is 0 Å². The summed E-state index contributed by atoms with van der Waals surface area (Å²) in [6, 6.07) is 0. The number of allylic oxidation sites excluding steroid dienone is 1. The number of carbonyl (C=O) groups excluding carboxylic acids is 1. The molecule has 0 aliphatic heterocycles. The molecule has 0 saturated carbocycles. The summed E-state index contributed by atoms with van der Waals surface area (Å²) in [5, 5.41) is 0. The molecule has 100 valence electrons. The number of unbranched alkanes of at least 4 members (excludes halogenated alkanes) is 7. The summed E-state index contributed by atoms with van der Waals surface area (Å²) in [5.41, 5.74) is 0. The zero-order valence-corrected chi connectivity index (χ0v) is 11.5. The van der Waals surface area contributed by atoms with Gasteiger partial charge in [0.1, 0.15) is 6.61 Å². The van der Waals surface area contributed by atoms with Crippen LogP contribution in [0.25, 0.3) is 0 Å². The van der Waals surface area contributed by atoms with Crippen molar-refractivity contribution in [1.29, 1.82) is 0 Å². The number of ether oxygens (including phenoxy) is 1. The first-order valence-electron chi connectivity index (χ1n) is 7.11. The van der Waals surface area contributed by atoms with Crippen molar-refractivity contribution in [2.24, 2.45) is 0 Å². The molecule has 2 nitrogen and oxygen atoms in total. The van der Waals surface area contributed by atoms with Crippen LogP contribution in [0, 0.1) is 0 Å². The fraction of sp³-hybridized carbons (Fsp3) is 0.800. The standard InChI is InChI=1S/C15H28O2/c1-3-5-6-7-8-9-10-11-12-13-14-17-15(16)4-2/h12-13H,3-11,14H2,1-2H3/b13-12+. The highest BCUT2D eigenvalue weighted by molar-refractivity contribution is 5.68. The molecule has 0 radical (unpaired) electrons. The molecular weight excluding hydrogens is 212 g/mol. The highest BCUT2D eigenvalue weighted by Crippen LogP contribution is 2.08. The molecule has 0 rings (SSSR count). The molecule has 0 unspecified atom stereocenters. The van der Waals surface area contributed by atoms with Gasteiger partial charge in [0.15, 0.2) is 0 Å². The van der Waals surface area contributed by atoms with Crippen LogP contribution in [0.1, 0.15) is 71.6 Å². The third kappa shape index (κ3) is 13.1. The smallest absolute Gasteiger partial charge is 0.305 e. The van der Waals surface area contributed by atoms with Crippen molar-refractivity contribution in [1.82, 2.24) is 0 Å². The summed E-state index contributed by atoms with van der Waals surface area (Å²) in [6.07, 6.45) is 15.0. The minimum atomic E-state index is -0.120. The fourth-order valence-electron chi connectivity index (χ4n) is 1.65. The zero-order valence-electron chi connectivity index (χ0n) is 11.5. The topological polar surface area (TPSA) is 26.3 Å². The van der Waals surface area contributed by atoms with Crippen molar-refractivity contribution in [3.05, 3.63) is 12.2 Å². The summed E-state index contributed by atoms with van der Waals surface area (Å²) in [7, 11) is 0. The Kier molecular flexibility index (Phi) is 12.7. The molecule has 0 bridgehead atoms. The van der Waals surface area contributed by atoms with Crippen LogP contribution in [-0.2, 0) is 9.53 Å². The van der Waals surface area contributed by atoms with E-state index in [0.717, 1.165) is 6.42 Å². The van der Waals surface area contributed by atoms with Crippen molar-refractivity contribution in [3.63, 3.8) is 0 Å². The number of esters is 1. The van der Waals surface area contributed by atoms with Gasteiger partial charge in [-0.1, -0.05) is 64.5 Å². The molecule has 17 heavy (non-hydrogen) atoms. The summed E-state index contributed by atoms with van der Waals surface area (Å²) in [4.78, 5) is 10.8. The van der Waals surface area contributed by atoms with Crippen molar-refractivity contribution >= 4 is 5.97 Å². The van der Waals surface area contributed by atoms with Gasteiger partial charge in [-0.2, -0.15) is 0 Å². The number of carbonyl (C=O) groups is 1. The van der Waals surface area contributed by atoms with Crippen molar-refractivity contribution in [2.75, 3.05) is 6.61 Å². The van der Waals surface area contributed by atoms with Gasteiger partial charge in [0, 0.05) is 6.42 Å². The monoisotopic (exact) mass is 240 g/mol. The maximum Gasteiger partial charge on any atom is 0.305 e. The Morgan fingerprint density at radius 1 is 0.941 bits per heavy atom. The Bertz CT molecular complexity index is 197. The largest absolute Gasteiger partial charge is 0.461 e. The van der Waals surface area contributed by atoms with E-state index in [2.05, 4.69) is 13.0 Å². The van der Waals surface area contributed by atoms with E-state index in [4.69, 9.17) is 4.74 Å². The molecular formula is C15H28O2. The van der Waals surface area contributed by atoms with Crippen LogP contribution in [-0.4, -0.2) is 12.6 Å². The Hall–Kier alpha value is -0.790. The zero-order chi connectivity index (χ0) is 12.8. The predicted molar refractivity (Wildman–Crippen MR) is 73.0 cm³/mol. The lowest BCUT2D eigenvalue weighted by atomic mass is 10.1. The highest BCUT2D eigenvalue weighted by Gasteiger charge is 1.93. The van der Waals surface area contributed by atoms with Crippen LogP contribution >= 0.6 is 0 Å². The van der Waals surface area contributed by atoms with Gasteiger partial charge in [0.25, 0.3) is 0 Å². The second-order valence-corrected chi connectivity index (χ2v) is 4.42. The number of hydrogen-bond acceptors (Lipinski definition) is 2. The van der Waals surface area contributed by atoms with Gasteiger partial charge in [-0.3, -0.25) is 4.79 Å². The molecule has 0 aliphatic carbocycles. The number of hydrogen-bond donors (Lipinski definition) is 0. The van der Waals surface area contributed by atoms with Crippen LogP contribution in [0.15, 0.2) is 12.2 Å². The maximum absolute atomic E-state index is 10.8. The van der Waals surface area contributed by atoms with E-state index in [0.29, 0.717) is 13.0 Å². The van der Waals surface area contributed by atoms with Crippen LogP contribution in [0.2, 0.25) is 0 Å². The molecule has 0 atom stereocenters. The third-order valence-corrected chi connectivity index (χ3v) is 2.77. The first-order valence-corrected chi connectivity index (χ1v) is 7.11. The molecule has 0 N–H and O–H groups in total. The second-order valence-electron chi connectivity index (χ2n) is 4.42. The molecule has 0 fully saturated rings. The van der Waals surface area contributed by atoms with E-state index in [9.17, 15) is 4.79 Å². The Morgan fingerprint density at radius 3 is 2.24 bits per heavy atom. The third-order valence-electron chi connectivity index (χ3n) is 2.77. The molecule has 0 spiro atoms. The van der Waals surface area contributed by atoms with Gasteiger partial charge in [0.2, 0.25) is 0 Å². The van der Waals surface area contributed by atoms with Crippen LogP contribution in [0.3, 0.4) is 0 Å². The highest BCUT2D eigenvalue weighted by atomic mass is 16.5. The molecule has 0 amide bonds. The van der Waals surface area contributed by atoms with E-state index < -0.39 is 0 Å². The molecule has 0 aromatic rings. The van der Waals surface area contributed by atoms with Crippen molar-refractivity contribution < 1.29 is 9.53 Å². The molecule has 2 heteroatoms. The molecule has 0 saturated heterocycles. The van der Waals surface area contributed by atoms with E-state index in [1.165, 1.54) is 44.9 Å². The van der Waals surface area contributed by atoms with Gasteiger partial charge in [-0.05, 0) is 12.8 Å². The lowest BCUT2D eigenvalue weighted by Gasteiger charge is -1.99. The molecule has 0 aromatic carbocycles. The molecule has 0 aromatic heterocycles. The first-order chi connectivity index (χ1) is 8.31. The van der Waals surface area contributed by atoms with Crippen LogP contribution in [0.5, 0.6) is 0 Å². The minimum Gasteiger partial charge on any atom is -0.461 e. The van der Waals surface area contributed by atoms with Crippen molar-refractivity contribution in [3.8, 4) is 0 Å². The molecule has 0 aliphatic rings. The number of rotatable bonds is 11. The minimum absolute atomic E-state index is 0.120. The van der Waals surface area contributed by atoms with E-state index in [1.54, 1.807) is 0 Å². The summed E-state index contributed by atoms with van der Waals surface area (Å²) >= 11 is 0. The van der Waals surface area contributed by atoms with Crippen LogP contribution < -0.4 is 0 Å². The first kappa shape index (κ1) is 16.2. The SMILES string of the molecule is CCCCCCCCC/C=C/COC(=O)CC. The van der Waals surface area contributed by atoms with Gasteiger partial charge in [-0.15, -0.1) is 0 Å². The Labute approximate surface area is 106 Å². The fourth-order valence-corrected chi connectivity index (χ4v) is 1.65. The van der Waals surface area contributed by atoms with E-state index in [-0.39, 0.29) is 5.97 Å². The average Bonchev–Trinajstić information content (AvgIpc) is 2.35. The summed E-state index contributed by atoms with van der Waals surface area (Å²) in [6.45, 7) is 4.49. The normalized spacial score (nSPS) is 10.9. The van der Waals surface area contributed by atoms with Gasteiger partial charge >= 0.3 is 5.97 Å². The molecule has 0 heterocycles. The van der Waals surface area contributed by atoms with Gasteiger partial charge in [0.05, 0.1) is 0 Å². The van der Waals surface area contributed by atoms with E-state index in [1.807, 2.05) is 13.0 Å². The lowest BCUT2D eigenvalue weighted by molar-refractivity contribution is -0.141. The Morgan fingerprint density at radius 2 is 1.59 bits per heavy atom. The average molecular weight is 240 g/mol. The quantitative estimate of drug-likeness (QED) is 0.299. The second kappa shape index (κ2) is 13.3. The lowest BCUT2D eigenvalue weighted by Crippen LogP contribution is -2.01. The van der Waals surface area contributed by atoms with Gasteiger partial charge < -0.3 is 4.74 Å². The predicted octanol–water partition coefficient (Wildman–Crippen LogP) is 4.64. The van der Waals surface area contributed by atoms with Gasteiger partial charge in [-0.25, -0.2) is 0 Å². The maximum atomic E-state index is 10.8. The Balaban J connectivity index is 3.11. The summed E-state index contributed by atoms with van der Waals surface area (Å²) in [5.74, 6) is -0.120. The van der Waals surface area contributed by atoms with Crippen molar-refractivity contribution in [2.45, 2.75) is 71.6 Å².